The lowest BCUT2D eigenvalue weighted by Gasteiger charge is -2.24. The van der Waals surface area contributed by atoms with E-state index in [1.807, 2.05) is 32.9 Å². The second kappa shape index (κ2) is 5.66. The molecule has 0 aliphatic carbocycles. The predicted molar refractivity (Wildman–Crippen MR) is 85.2 cm³/mol. The monoisotopic (exact) mass is 307 g/mol. The number of hydrogen-bond acceptors (Lipinski definition) is 3. The lowest BCUT2D eigenvalue weighted by atomic mass is 10.0. The van der Waals surface area contributed by atoms with Crippen molar-refractivity contribution in [2.75, 3.05) is 7.11 Å². The number of hydrogen-bond donors (Lipinski definition) is 1. The number of ether oxygens (including phenoxy) is 1. The molecule has 0 radical (unpaired) electrons. The van der Waals surface area contributed by atoms with Crippen LogP contribution < -0.4 is 9.46 Å². The fourth-order valence-electron chi connectivity index (χ4n) is 2.16. The molecule has 0 aliphatic heterocycles. The molecule has 114 valence electrons. The summed E-state index contributed by atoms with van der Waals surface area (Å²) in [5, 5.41) is 1.45. The molecule has 0 unspecified atom stereocenters. The molecule has 0 bridgehead atoms. The summed E-state index contributed by atoms with van der Waals surface area (Å²) < 4.78 is 33.4. The van der Waals surface area contributed by atoms with Crippen LogP contribution in [0, 0.1) is 0 Å². The molecule has 0 amide bonds. The molecule has 0 atom stereocenters. The van der Waals surface area contributed by atoms with Crippen LogP contribution in [0.15, 0.2) is 41.3 Å². The molecule has 0 saturated carbocycles. The lowest BCUT2D eigenvalue weighted by molar-refractivity contribution is 0.420. The zero-order valence-corrected chi connectivity index (χ0v) is 13.6. The van der Waals surface area contributed by atoms with Crippen molar-refractivity contribution in [1.29, 1.82) is 0 Å². The molecule has 5 heteroatoms. The fourth-order valence-corrected chi connectivity index (χ4v) is 3.86. The normalized spacial score (nSPS) is 12.6. The van der Waals surface area contributed by atoms with Gasteiger partial charge in [-0.05, 0) is 32.4 Å². The van der Waals surface area contributed by atoms with Crippen LogP contribution in [0.3, 0.4) is 0 Å². The highest BCUT2D eigenvalue weighted by molar-refractivity contribution is 7.89. The van der Waals surface area contributed by atoms with E-state index in [2.05, 4.69) is 4.72 Å². The topological polar surface area (TPSA) is 55.4 Å². The van der Waals surface area contributed by atoms with Gasteiger partial charge < -0.3 is 4.74 Å². The van der Waals surface area contributed by atoms with Crippen molar-refractivity contribution in [2.45, 2.75) is 37.6 Å². The number of benzene rings is 2. The maximum atomic E-state index is 12.7. The van der Waals surface area contributed by atoms with Crippen LogP contribution in [0.25, 0.3) is 10.8 Å². The minimum absolute atomic E-state index is 0.278. The predicted octanol–water partition coefficient (Wildman–Crippen LogP) is 3.32. The average molecular weight is 307 g/mol. The summed E-state index contributed by atoms with van der Waals surface area (Å²) in [6, 6.07) is 10.6. The first-order chi connectivity index (χ1) is 9.80. The first-order valence-corrected chi connectivity index (χ1v) is 8.39. The minimum atomic E-state index is -3.59. The first kappa shape index (κ1) is 15.8. The lowest BCUT2D eigenvalue weighted by Crippen LogP contribution is -2.42. The average Bonchev–Trinajstić information content (AvgIpc) is 2.44. The van der Waals surface area contributed by atoms with E-state index in [4.69, 9.17) is 4.74 Å². The van der Waals surface area contributed by atoms with Gasteiger partial charge in [0.05, 0.1) is 12.0 Å². The Kier molecular flexibility index (Phi) is 4.25. The maximum absolute atomic E-state index is 12.7. The van der Waals surface area contributed by atoms with Gasteiger partial charge in [-0.3, -0.25) is 0 Å². The van der Waals surface area contributed by atoms with Gasteiger partial charge in [-0.1, -0.05) is 31.2 Å². The molecule has 0 aliphatic rings. The van der Waals surface area contributed by atoms with E-state index in [9.17, 15) is 8.42 Å². The molecule has 2 aromatic carbocycles. The Morgan fingerprint density at radius 2 is 1.71 bits per heavy atom. The van der Waals surface area contributed by atoms with Crippen LogP contribution in [-0.4, -0.2) is 21.1 Å². The van der Waals surface area contributed by atoms with Crippen LogP contribution in [0.5, 0.6) is 5.75 Å². The fraction of sp³-hybridized carbons (Fsp3) is 0.375. The molecular formula is C16H21NO3S. The van der Waals surface area contributed by atoms with E-state index < -0.39 is 15.6 Å². The Morgan fingerprint density at radius 3 is 2.33 bits per heavy atom. The highest BCUT2D eigenvalue weighted by Gasteiger charge is 2.26. The van der Waals surface area contributed by atoms with Crippen molar-refractivity contribution in [2.24, 2.45) is 0 Å². The second-order valence-electron chi connectivity index (χ2n) is 5.65. The minimum Gasteiger partial charge on any atom is -0.496 e. The third-order valence-electron chi connectivity index (χ3n) is 3.65. The molecular weight excluding hydrogens is 286 g/mol. The van der Waals surface area contributed by atoms with Crippen molar-refractivity contribution < 1.29 is 13.2 Å². The van der Waals surface area contributed by atoms with Gasteiger partial charge in [-0.2, -0.15) is 0 Å². The van der Waals surface area contributed by atoms with Crippen molar-refractivity contribution in [1.82, 2.24) is 4.72 Å². The highest BCUT2D eigenvalue weighted by Crippen LogP contribution is 2.30. The summed E-state index contributed by atoms with van der Waals surface area (Å²) >= 11 is 0. The standard InChI is InChI=1S/C16H21NO3S/c1-5-16(2,3)17-21(18,19)15-11-7-8-12-13(15)9-6-10-14(12)20-4/h6-11,17H,5H2,1-4H3. The molecule has 0 fully saturated rings. The summed E-state index contributed by atoms with van der Waals surface area (Å²) in [7, 11) is -2.01. The van der Waals surface area contributed by atoms with E-state index in [0.717, 1.165) is 5.39 Å². The molecule has 0 aromatic heterocycles. The number of sulfonamides is 1. The van der Waals surface area contributed by atoms with Crippen molar-refractivity contribution >= 4 is 20.8 Å². The number of fused-ring (bicyclic) bond motifs is 1. The quantitative estimate of drug-likeness (QED) is 0.922. The van der Waals surface area contributed by atoms with E-state index in [1.165, 1.54) is 0 Å². The summed E-state index contributed by atoms with van der Waals surface area (Å²) in [6.07, 6.45) is 0.709. The van der Waals surface area contributed by atoms with Crippen LogP contribution in [0.2, 0.25) is 0 Å². The Bertz CT molecular complexity index is 751. The Labute approximate surface area is 126 Å². The Hall–Kier alpha value is -1.59. The van der Waals surface area contributed by atoms with E-state index in [-0.39, 0.29) is 4.90 Å². The maximum Gasteiger partial charge on any atom is 0.241 e. The summed E-state index contributed by atoms with van der Waals surface area (Å²) in [5.41, 5.74) is -0.486. The van der Waals surface area contributed by atoms with Gasteiger partial charge in [0.2, 0.25) is 10.0 Å². The third kappa shape index (κ3) is 3.19. The number of methoxy groups -OCH3 is 1. The van der Waals surface area contributed by atoms with Crippen LogP contribution in [0.4, 0.5) is 0 Å². The van der Waals surface area contributed by atoms with Gasteiger partial charge in [0, 0.05) is 16.3 Å². The Morgan fingerprint density at radius 1 is 1.10 bits per heavy atom. The summed E-state index contributed by atoms with van der Waals surface area (Å²) in [5.74, 6) is 0.666. The van der Waals surface area contributed by atoms with Crippen LogP contribution in [-0.2, 0) is 10.0 Å². The van der Waals surface area contributed by atoms with Gasteiger partial charge in [-0.15, -0.1) is 0 Å². The van der Waals surface area contributed by atoms with Crippen molar-refractivity contribution in [3.8, 4) is 5.75 Å². The number of nitrogens with one attached hydrogen (secondary N) is 1. The molecule has 0 saturated heterocycles. The van der Waals surface area contributed by atoms with E-state index in [0.29, 0.717) is 17.6 Å². The Balaban J connectivity index is 2.62. The molecule has 1 N–H and O–H groups in total. The van der Waals surface area contributed by atoms with Gasteiger partial charge in [0.25, 0.3) is 0 Å². The van der Waals surface area contributed by atoms with Gasteiger partial charge >= 0.3 is 0 Å². The molecule has 21 heavy (non-hydrogen) atoms. The van der Waals surface area contributed by atoms with Crippen LogP contribution in [0.1, 0.15) is 27.2 Å². The molecule has 0 spiro atoms. The van der Waals surface area contributed by atoms with Gasteiger partial charge in [-0.25, -0.2) is 13.1 Å². The summed E-state index contributed by atoms with van der Waals surface area (Å²) in [6.45, 7) is 5.70. The van der Waals surface area contributed by atoms with Crippen molar-refractivity contribution in [3.63, 3.8) is 0 Å². The zero-order chi connectivity index (χ0) is 15.7. The van der Waals surface area contributed by atoms with E-state index >= 15 is 0 Å². The number of rotatable bonds is 5. The third-order valence-corrected chi connectivity index (χ3v) is 5.40. The first-order valence-electron chi connectivity index (χ1n) is 6.90. The van der Waals surface area contributed by atoms with E-state index in [1.54, 1.807) is 31.4 Å². The molecule has 0 heterocycles. The SMILES string of the molecule is CCC(C)(C)NS(=O)(=O)c1cccc2c(OC)cccc12. The molecule has 2 aromatic rings. The van der Waals surface area contributed by atoms with Crippen molar-refractivity contribution in [3.05, 3.63) is 36.4 Å². The summed E-state index contributed by atoms with van der Waals surface area (Å²) in [4.78, 5) is 0.278. The van der Waals surface area contributed by atoms with Gasteiger partial charge in [0.1, 0.15) is 5.75 Å². The highest BCUT2D eigenvalue weighted by atomic mass is 32.2. The molecule has 4 nitrogen and oxygen atoms in total. The smallest absolute Gasteiger partial charge is 0.241 e. The van der Waals surface area contributed by atoms with Crippen LogP contribution >= 0.6 is 0 Å². The zero-order valence-electron chi connectivity index (χ0n) is 12.8. The largest absolute Gasteiger partial charge is 0.496 e. The van der Waals surface area contributed by atoms with Gasteiger partial charge in [0.15, 0.2) is 0 Å². The molecule has 2 rings (SSSR count). The second-order valence-corrected chi connectivity index (χ2v) is 7.31.